The number of rotatable bonds is 6. The van der Waals surface area contributed by atoms with Crippen LogP contribution in [0, 0.1) is 0 Å². The molecule has 0 amide bonds. The van der Waals surface area contributed by atoms with Crippen LogP contribution in [-0.4, -0.2) is 68.3 Å². The highest BCUT2D eigenvalue weighted by molar-refractivity contribution is 7.89. The molecule has 0 aromatic carbocycles. The predicted molar refractivity (Wildman–Crippen MR) is 68.4 cm³/mol. The molecule has 1 aliphatic heterocycles. The molecular formula is C11H24N2O3S. The van der Waals surface area contributed by atoms with Crippen LogP contribution in [0.3, 0.4) is 0 Å². The first-order valence-corrected chi connectivity index (χ1v) is 7.83. The van der Waals surface area contributed by atoms with Gasteiger partial charge in [0.1, 0.15) is 0 Å². The van der Waals surface area contributed by atoms with E-state index in [2.05, 4.69) is 11.9 Å². The minimum Gasteiger partial charge on any atom is -0.396 e. The van der Waals surface area contributed by atoms with Crippen LogP contribution in [0.2, 0.25) is 0 Å². The lowest BCUT2D eigenvalue weighted by atomic mass is 10.1. The van der Waals surface area contributed by atoms with Gasteiger partial charge in [-0.3, -0.25) is 0 Å². The van der Waals surface area contributed by atoms with Crippen molar-refractivity contribution >= 4 is 10.0 Å². The molecule has 0 atom stereocenters. The third kappa shape index (κ3) is 4.54. The lowest BCUT2D eigenvalue weighted by Gasteiger charge is -2.34. The summed E-state index contributed by atoms with van der Waals surface area (Å²) in [6.45, 7) is 1.98. The van der Waals surface area contributed by atoms with Crippen LogP contribution in [0.1, 0.15) is 25.7 Å². The molecule has 1 fully saturated rings. The van der Waals surface area contributed by atoms with Gasteiger partial charge >= 0.3 is 0 Å². The number of piperidine rings is 1. The lowest BCUT2D eigenvalue weighted by Crippen LogP contribution is -2.45. The van der Waals surface area contributed by atoms with Gasteiger partial charge in [0.25, 0.3) is 0 Å². The molecule has 6 heteroatoms. The lowest BCUT2D eigenvalue weighted by molar-refractivity contribution is 0.197. The summed E-state index contributed by atoms with van der Waals surface area (Å²) in [4.78, 5) is 2.22. The van der Waals surface area contributed by atoms with Gasteiger partial charge in [-0.05, 0) is 45.8 Å². The zero-order chi connectivity index (χ0) is 12.9. The van der Waals surface area contributed by atoms with Crippen molar-refractivity contribution in [2.24, 2.45) is 0 Å². The SMILES string of the molecule is CN1CCC(N(C)S(=O)(=O)CCCCO)CC1. The number of aliphatic hydroxyl groups excluding tert-OH is 1. The normalized spacial score (nSPS) is 20.0. The Morgan fingerprint density at radius 3 is 2.41 bits per heavy atom. The van der Waals surface area contributed by atoms with Gasteiger partial charge in [-0.25, -0.2) is 12.7 Å². The minimum absolute atomic E-state index is 0.0630. The third-order valence-electron chi connectivity index (χ3n) is 3.45. The Labute approximate surface area is 104 Å². The summed E-state index contributed by atoms with van der Waals surface area (Å²) in [6, 6.07) is 0.144. The largest absolute Gasteiger partial charge is 0.396 e. The summed E-state index contributed by atoms with van der Waals surface area (Å²) < 4.78 is 25.6. The van der Waals surface area contributed by atoms with Gasteiger partial charge in [0, 0.05) is 19.7 Å². The van der Waals surface area contributed by atoms with Crippen molar-refractivity contribution in [3.8, 4) is 0 Å². The van der Waals surface area contributed by atoms with Crippen LogP contribution < -0.4 is 0 Å². The molecule has 1 heterocycles. The fraction of sp³-hybridized carbons (Fsp3) is 1.00. The van der Waals surface area contributed by atoms with E-state index < -0.39 is 10.0 Å². The zero-order valence-corrected chi connectivity index (χ0v) is 11.6. The first-order chi connectivity index (χ1) is 7.97. The number of nitrogens with zero attached hydrogens (tertiary/aromatic N) is 2. The van der Waals surface area contributed by atoms with Crippen LogP contribution >= 0.6 is 0 Å². The first kappa shape index (κ1) is 14.9. The molecule has 0 saturated carbocycles. The fourth-order valence-corrected chi connectivity index (χ4v) is 3.65. The molecule has 0 aromatic heterocycles. The monoisotopic (exact) mass is 264 g/mol. The van der Waals surface area contributed by atoms with Crippen molar-refractivity contribution in [2.45, 2.75) is 31.7 Å². The van der Waals surface area contributed by atoms with Gasteiger partial charge in [0.2, 0.25) is 10.0 Å². The second-order valence-electron chi connectivity index (χ2n) is 4.80. The van der Waals surface area contributed by atoms with Crippen molar-refractivity contribution in [1.29, 1.82) is 0 Å². The fourth-order valence-electron chi connectivity index (χ4n) is 2.13. The molecule has 1 saturated heterocycles. The number of hydrogen-bond acceptors (Lipinski definition) is 4. The Morgan fingerprint density at radius 1 is 1.29 bits per heavy atom. The maximum absolute atomic E-state index is 12.0. The quantitative estimate of drug-likeness (QED) is 0.692. The van der Waals surface area contributed by atoms with Gasteiger partial charge in [-0.1, -0.05) is 0 Å². The highest BCUT2D eigenvalue weighted by Crippen LogP contribution is 2.17. The van der Waals surface area contributed by atoms with Crippen molar-refractivity contribution in [3.05, 3.63) is 0 Å². The van der Waals surface area contributed by atoms with Gasteiger partial charge in [-0.15, -0.1) is 0 Å². The highest BCUT2D eigenvalue weighted by Gasteiger charge is 2.28. The van der Waals surface area contributed by atoms with E-state index in [1.807, 2.05) is 0 Å². The van der Waals surface area contributed by atoms with Crippen LogP contribution in [0.4, 0.5) is 0 Å². The van der Waals surface area contributed by atoms with Crippen molar-refractivity contribution in [1.82, 2.24) is 9.21 Å². The topological polar surface area (TPSA) is 60.9 Å². The Morgan fingerprint density at radius 2 is 1.88 bits per heavy atom. The average Bonchev–Trinajstić information content (AvgIpc) is 2.29. The van der Waals surface area contributed by atoms with Crippen LogP contribution in [0.25, 0.3) is 0 Å². The Balaban J connectivity index is 2.47. The summed E-state index contributed by atoms with van der Waals surface area (Å²) in [5.74, 6) is 0.149. The Kier molecular flexibility index (Phi) is 5.85. The second-order valence-corrected chi connectivity index (χ2v) is 6.95. The number of unbranched alkanes of at least 4 members (excludes halogenated alkanes) is 1. The van der Waals surface area contributed by atoms with Crippen molar-refractivity contribution in [3.63, 3.8) is 0 Å². The van der Waals surface area contributed by atoms with E-state index >= 15 is 0 Å². The Bertz CT molecular complexity index is 311. The minimum atomic E-state index is -3.15. The molecule has 102 valence electrons. The summed E-state index contributed by atoms with van der Waals surface area (Å²) in [6.07, 6.45) is 2.91. The highest BCUT2D eigenvalue weighted by atomic mass is 32.2. The molecule has 0 aromatic rings. The van der Waals surface area contributed by atoms with Gasteiger partial charge in [-0.2, -0.15) is 0 Å². The third-order valence-corrected chi connectivity index (χ3v) is 5.43. The van der Waals surface area contributed by atoms with E-state index in [-0.39, 0.29) is 18.4 Å². The Hall–Kier alpha value is -0.170. The van der Waals surface area contributed by atoms with Crippen LogP contribution in [-0.2, 0) is 10.0 Å². The molecule has 0 aliphatic carbocycles. The number of hydrogen-bond donors (Lipinski definition) is 1. The number of likely N-dealkylation sites (tertiary alicyclic amines) is 1. The molecule has 1 rings (SSSR count). The number of aliphatic hydroxyl groups is 1. The predicted octanol–water partition coefficient (Wildman–Crippen LogP) is 0.115. The zero-order valence-electron chi connectivity index (χ0n) is 10.8. The summed E-state index contributed by atoms with van der Waals surface area (Å²) in [7, 11) is 0.600. The van der Waals surface area contributed by atoms with E-state index in [4.69, 9.17) is 5.11 Å². The molecule has 1 N–H and O–H groups in total. The molecule has 17 heavy (non-hydrogen) atoms. The maximum Gasteiger partial charge on any atom is 0.214 e. The van der Waals surface area contributed by atoms with Crippen LogP contribution in [0.5, 0.6) is 0 Å². The summed E-state index contributed by atoms with van der Waals surface area (Å²) in [5.41, 5.74) is 0. The molecular weight excluding hydrogens is 240 g/mol. The second kappa shape index (κ2) is 6.68. The molecule has 0 radical (unpaired) electrons. The van der Waals surface area contributed by atoms with Gasteiger partial charge in [0.05, 0.1) is 5.75 Å². The maximum atomic E-state index is 12.0. The number of sulfonamides is 1. The molecule has 0 spiro atoms. The van der Waals surface area contributed by atoms with E-state index in [9.17, 15) is 8.42 Å². The summed E-state index contributed by atoms with van der Waals surface area (Å²) >= 11 is 0. The van der Waals surface area contributed by atoms with Crippen molar-refractivity contribution < 1.29 is 13.5 Å². The molecule has 0 bridgehead atoms. The first-order valence-electron chi connectivity index (χ1n) is 6.22. The smallest absolute Gasteiger partial charge is 0.214 e. The molecule has 1 aliphatic rings. The van der Waals surface area contributed by atoms with Crippen molar-refractivity contribution in [2.75, 3.05) is 39.5 Å². The van der Waals surface area contributed by atoms with E-state index in [1.165, 1.54) is 4.31 Å². The summed E-state index contributed by atoms with van der Waals surface area (Å²) in [5, 5.41) is 8.67. The van der Waals surface area contributed by atoms with E-state index in [0.29, 0.717) is 12.8 Å². The molecule has 0 unspecified atom stereocenters. The van der Waals surface area contributed by atoms with Crippen LogP contribution in [0.15, 0.2) is 0 Å². The average molecular weight is 264 g/mol. The van der Waals surface area contributed by atoms with E-state index in [1.54, 1.807) is 7.05 Å². The van der Waals surface area contributed by atoms with E-state index in [0.717, 1.165) is 25.9 Å². The standard InChI is InChI=1S/C11H24N2O3S/c1-12-7-5-11(6-8-12)13(2)17(15,16)10-4-3-9-14/h11,14H,3-10H2,1-2H3. The molecule has 5 nitrogen and oxygen atoms in total. The van der Waals surface area contributed by atoms with Gasteiger partial charge in [0.15, 0.2) is 0 Å². The van der Waals surface area contributed by atoms with Gasteiger partial charge < -0.3 is 10.0 Å².